The van der Waals surface area contributed by atoms with E-state index in [4.69, 9.17) is 0 Å². The topological polar surface area (TPSA) is 37.4 Å². The molecule has 0 bridgehead atoms. The molecule has 1 aliphatic rings. The number of hydrogen-bond donors (Lipinski definition) is 0. The number of alkyl halides is 1. The first-order valence-electron chi connectivity index (χ1n) is 8.07. The van der Waals surface area contributed by atoms with Crippen molar-refractivity contribution in [2.45, 2.75) is 16.8 Å². The molecule has 1 fully saturated rings. The predicted octanol–water partition coefficient (Wildman–Crippen LogP) is 3.35. The summed E-state index contributed by atoms with van der Waals surface area (Å²) in [6, 6.07) is 7.38. The molecule has 3 rings (SSSR count). The Hall–Kier alpha value is -1.93. The van der Waals surface area contributed by atoms with Crippen molar-refractivity contribution >= 4 is 9.84 Å². The highest BCUT2D eigenvalue weighted by Gasteiger charge is 2.41. The minimum atomic E-state index is -4.18. The lowest BCUT2D eigenvalue weighted by Gasteiger charge is -2.40. The molecular formula is C18H17F4NO2S. The van der Waals surface area contributed by atoms with Gasteiger partial charge in [-0.15, -0.1) is 0 Å². The van der Waals surface area contributed by atoms with Gasteiger partial charge in [0.05, 0.1) is 4.90 Å². The molecule has 1 unspecified atom stereocenters. The molecule has 0 spiro atoms. The number of likely N-dealkylation sites (tertiary alicyclic amines) is 1. The molecule has 1 atom stereocenters. The third-order valence-corrected chi connectivity index (χ3v) is 6.41. The molecule has 1 heterocycles. The summed E-state index contributed by atoms with van der Waals surface area (Å²) < 4.78 is 78.3. The van der Waals surface area contributed by atoms with E-state index < -0.39 is 38.7 Å². The highest BCUT2D eigenvalue weighted by Crippen LogP contribution is 2.29. The molecule has 0 saturated carbocycles. The van der Waals surface area contributed by atoms with E-state index in [1.165, 1.54) is 12.1 Å². The van der Waals surface area contributed by atoms with Crippen LogP contribution in [0.2, 0.25) is 0 Å². The molecule has 26 heavy (non-hydrogen) atoms. The minimum absolute atomic E-state index is 0.227. The first-order valence-corrected chi connectivity index (χ1v) is 9.62. The average molecular weight is 387 g/mol. The van der Waals surface area contributed by atoms with Gasteiger partial charge < -0.3 is 4.90 Å². The number of rotatable bonds is 6. The number of nitrogens with zero attached hydrogens (tertiary/aromatic N) is 1. The molecular weight excluding hydrogens is 370 g/mol. The Morgan fingerprint density at radius 2 is 1.62 bits per heavy atom. The van der Waals surface area contributed by atoms with Crippen molar-refractivity contribution in [1.29, 1.82) is 0 Å². The van der Waals surface area contributed by atoms with Crippen molar-refractivity contribution in [3.05, 3.63) is 65.5 Å². The molecule has 1 saturated heterocycles. The van der Waals surface area contributed by atoms with E-state index in [0.717, 1.165) is 30.3 Å². The quantitative estimate of drug-likeness (QED) is 0.564. The summed E-state index contributed by atoms with van der Waals surface area (Å²) in [5.41, 5.74) is -1.72. The van der Waals surface area contributed by atoms with Crippen LogP contribution < -0.4 is 0 Å². The molecule has 0 aliphatic carbocycles. The fourth-order valence-electron chi connectivity index (χ4n) is 2.97. The van der Waals surface area contributed by atoms with E-state index in [0.29, 0.717) is 18.5 Å². The van der Waals surface area contributed by atoms with Gasteiger partial charge in [-0.25, -0.2) is 26.0 Å². The number of hydrogen-bond acceptors (Lipinski definition) is 3. The Bertz CT molecular complexity index is 881. The molecule has 3 nitrogen and oxygen atoms in total. The van der Waals surface area contributed by atoms with Gasteiger partial charge in [-0.3, -0.25) is 0 Å². The Morgan fingerprint density at radius 3 is 2.23 bits per heavy atom. The maximum Gasteiger partial charge on any atom is 0.210 e. The summed E-state index contributed by atoms with van der Waals surface area (Å²) in [5, 5.41) is 0. The number of sulfone groups is 1. The van der Waals surface area contributed by atoms with Gasteiger partial charge in [0.1, 0.15) is 17.5 Å². The maximum atomic E-state index is 14.4. The molecule has 2 aromatic carbocycles. The largest absolute Gasteiger partial charge is 0.302 e. The van der Waals surface area contributed by atoms with Crippen molar-refractivity contribution in [1.82, 2.24) is 4.90 Å². The van der Waals surface area contributed by atoms with E-state index in [2.05, 4.69) is 0 Å². The molecule has 140 valence electrons. The second-order valence-electron chi connectivity index (χ2n) is 6.36. The zero-order valence-electron chi connectivity index (χ0n) is 13.7. The summed E-state index contributed by atoms with van der Waals surface area (Å²) in [5.74, 6) is -2.57. The monoisotopic (exact) mass is 387 g/mol. The predicted molar refractivity (Wildman–Crippen MR) is 88.5 cm³/mol. The summed E-state index contributed by atoms with van der Waals surface area (Å²) in [7, 11) is -4.18. The van der Waals surface area contributed by atoms with E-state index in [9.17, 15) is 26.0 Å². The minimum Gasteiger partial charge on any atom is -0.302 e. The highest BCUT2D eigenvalue weighted by molar-refractivity contribution is 7.92. The van der Waals surface area contributed by atoms with Crippen LogP contribution in [0.1, 0.15) is 5.56 Å². The van der Waals surface area contributed by atoms with Crippen LogP contribution in [-0.2, 0) is 16.3 Å². The fourth-order valence-corrected chi connectivity index (χ4v) is 4.42. The molecule has 0 aromatic heterocycles. The lowest BCUT2D eigenvalue weighted by molar-refractivity contribution is 0.0676. The van der Waals surface area contributed by atoms with Crippen molar-refractivity contribution in [2.24, 2.45) is 5.92 Å². The van der Waals surface area contributed by atoms with E-state index in [1.807, 2.05) is 0 Å². The van der Waals surface area contributed by atoms with Gasteiger partial charge in [-0.05, 0) is 42.3 Å². The Labute approximate surface area is 149 Å². The summed E-state index contributed by atoms with van der Waals surface area (Å²) in [4.78, 5) is 1.55. The van der Waals surface area contributed by atoms with Crippen LogP contribution in [-0.4, -0.2) is 38.5 Å². The van der Waals surface area contributed by atoms with Crippen LogP contribution >= 0.6 is 0 Å². The zero-order valence-corrected chi connectivity index (χ0v) is 14.5. The van der Waals surface area contributed by atoms with Crippen molar-refractivity contribution < 1.29 is 26.0 Å². The third-order valence-electron chi connectivity index (χ3n) is 4.51. The smallest absolute Gasteiger partial charge is 0.210 e. The summed E-state index contributed by atoms with van der Waals surface area (Å²) in [6.07, 6.45) is 0.320. The van der Waals surface area contributed by atoms with Gasteiger partial charge in [-0.1, -0.05) is 6.07 Å². The molecule has 0 amide bonds. The summed E-state index contributed by atoms with van der Waals surface area (Å²) >= 11 is 0. The van der Waals surface area contributed by atoms with Crippen LogP contribution in [0.3, 0.4) is 0 Å². The fraction of sp³-hybridized carbons (Fsp3) is 0.333. The number of halogens is 4. The van der Waals surface area contributed by atoms with Gasteiger partial charge in [-0.2, -0.15) is 0 Å². The Morgan fingerprint density at radius 1 is 1.00 bits per heavy atom. The zero-order chi connectivity index (χ0) is 18.9. The first kappa shape index (κ1) is 18.8. The highest BCUT2D eigenvalue weighted by atomic mass is 32.2. The van der Waals surface area contributed by atoms with Crippen molar-refractivity contribution in [2.75, 3.05) is 19.6 Å². The molecule has 8 heteroatoms. The Kier molecular flexibility index (Phi) is 5.34. The van der Waals surface area contributed by atoms with Crippen LogP contribution in [0.15, 0.2) is 47.4 Å². The normalized spacial score (nSPS) is 17.1. The van der Waals surface area contributed by atoms with Crippen molar-refractivity contribution in [3.63, 3.8) is 0 Å². The van der Waals surface area contributed by atoms with Crippen molar-refractivity contribution in [3.8, 4) is 0 Å². The third kappa shape index (κ3) is 3.91. The lowest BCUT2D eigenvalue weighted by Crippen LogP contribution is -2.53. The van der Waals surface area contributed by atoms with Gasteiger partial charge in [0.2, 0.25) is 15.3 Å². The molecule has 0 N–H and O–H groups in total. The maximum absolute atomic E-state index is 14.4. The van der Waals surface area contributed by atoms with E-state index in [1.54, 1.807) is 4.90 Å². The number of benzene rings is 2. The van der Waals surface area contributed by atoms with E-state index >= 15 is 0 Å². The van der Waals surface area contributed by atoms with Crippen LogP contribution in [0.5, 0.6) is 0 Å². The van der Waals surface area contributed by atoms with E-state index in [-0.39, 0.29) is 18.0 Å². The van der Waals surface area contributed by atoms with Crippen LogP contribution in [0.4, 0.5) is 17.6 Å². The van der Waals surface area contributed by atoms with Gasteiger partial charge in [0, 0.05) is 31.6 Å². The molecule has 1 aliphatic heterocycles. The van der Waals surface area contributed by atoms with Crippen LogP contribution in [0.25, 0.3) is 0 Å². The molecule has 0 radical (unpaired) electrons. The van der Waals surface area contributed by atoms with Gasteiger partial charge in [0.15, 0.2) is 0 Å². The van der Waals surface area contributed by atoms with Gasteiger partial charge in [0.25, 0.3) is 0 Å². The SMILES string of the molecule is O=S(=O)(c1ccc(F)cc1)C(F)C1CN(CCc2ccc(F)cc2F)C1. The lowest BCUT2D eigenvalue weighted by atomic mass is 10.0. The second kappa shape index (κ2) is 7.36. The first-order chi connectivity index (χ1) is 12.3. The van der Waals surface area contributed by atoms with Gasteiger partial charge >= 0.3 is 0 Å². The standard InChI is InChI=1S/C18H17F4NO2S/c19-14-3-5-16(6-4-14)26(24,25)18(22)13-10-23(11-13)8-7-12-1-2-15(20)9-17(12)21/h1-6,9,13,18H,7-8,10-11H2. The average Bonchev–Trinajstić information content (AvgIpc) is 2.55. The van der Waals surface area contributed by atoms with Crippen LogP contribution in [0, 0.1) is 23.4 Å². The second-order valence-corrected chi connectivity index (χ2v) is 8.37. The Balaban J connectivity index is 1.54. The summed E-state index contributed by atoms with van der Waals surface area (Å²) in [6.45, 7) is 0.872. The molecule has 2 aromatic rings.